The summed E-state index contributed by atoms with van der Waals surface area (Å²) in [5, 5.41) is 0. The highest BCUT2D eigenvalue weighted by molar-refractivity contribution is 5.89. The summed E-state index contributed by atoms with van der Waals surface area (Å²) in [5.41, 5.74) is 1.94. The number of nitrogens with zero attached hydrogens (tertiary/aromatic N) is 2. The van der Waals surface area contributed by atoms with Crippen LogP contribution in [0.5, 0.6) is 11.5 Å². The van der Waals surface area contributed by atoms with E-state index in [-0.39, 0.29) is 12.2 Å². The third kappa shape index (κ3) is 4.16. The first-order valence-corrected chi connectivity index (χ1v) is 9.08. The number of carbonyl (C=O) groups excluding carboxylic acids is 1. The van der Waals surface area contributed by atoms with Crippen LogP contribution >= 0.6 is 0 Å². The fourth-order valence-corrected chi connectivity index (χ4v) is 2.92. The van der Waals surface area contributed by atoms with Crippen molar-refractivity contribution in [3.63, 3.8) is 0 Å². The van der Waals surface area contributed by atoms with Gasteiger partial charge in [-0.25, -0.2) is 9.78 Å². The second-order valence-corrected chi connectivity index (χ2v) is 6.49. The summed E-state index contributed by atoms with van der Waals surface area (Å²) in [6, 6.07) is 21.1. The predicted octanol–water partition coefficient (Wildman–Crippen LogP) is 4.15. The number of pyridine rings is 1. The van der Waals surface area contributed by atoms with Gasteiger partial charge < -0.3 is 9.47 Å². The van der Waals surface area contributed by atoms with Crippen LogP contribution in [0.1, 0.15) is 21.6 Å². The number of para-hydroxylation sites is 1. The molecule has 2 aromatic carbocycles. The van der Waals surface area contributed by atoms with Gasteiger partial charge in [-0.05, 0) is 48.9 Å². The van der Waals surface area contributed by atoms with Crippen molar-refractivity contribution in [3.05, 3.63) is 106 Å². The van der Waals surface area contributed by atoms with Crippen molar-refractivity contribution in [1.29, 1.82) is 0 Å². The van der Waals surface area contributed by atoms with Gasteiger partial charge in [0.15, 0.2) is 0 Å². The largest absolute Gasteiger partial charge is 0.457 e. The molecule has 144 valence electrons. The van der Waals surface area contributed by atoms with Gasteiger partial charge >= 0.3 is 5.97 Å². The second-order valence-electron chi connectivity index (χ2n) is 6.49. The van der Waals surface area contributed by atoms with Crippen molar-refractivity contribution in [2.45, 2.75) is 13.5 Å². The Morgan fingerprint density at radius 3 is 2.59 bits per heavy atom. The third-order valence-electron chi connectivity index (χ3n) is 4.34. The van der Waals surface area contributed by atoms with Gasteiger partial charge in [0.2, 0.25) is 0 Å². The van der Waals surface area contributed by atoms with Crippen LogP contribution in [0.25, 0.3) is 5.65 Å². The van der Waals surface area contributed by atoms with Gasteiger partial charge in [0.25, 0.3) is 5.56 Å². The minimum atomic E-state index is -0.518. The van der Waals surface area contributed by atoms with Crippen molar-refractivity contribution >= 4 is 11.6 Å². The average molecular weight is 386 g/mol. The summed E-state index contributed by atoms with van der Waals surface area (Å²) in [6.45, 7) is 1.78. The molecule has 0 amide bonds. The Kier molecular flexibility index (Phi) is 5.07. The van der Waals surface area contributed by atoms with E-state index in [1.807, 2.05) is 43.3 Å². The lowest BCUT2D eigenvalue weighted by atomic mass is 10.2. The zero-order chi connectivity index (χ0) is 20.2. The van der Waals surface area contributed by atoms with Crippen LogP contribution in [0.15, 0.2) is 83.8 Å². The lowest BCUT2D eigenvalue weighted by Crippen LogP contribution is -2.17. The molecule has 0 saturated carbocycles. The highest BCUT2D eigenvalue weighted by atomic mass is 16.5. The lowest BCUT2D eigenvalue weighted by Gasteiger charge is -2.09. The molecule has 0 aliphatic heterocycles. The van der Waals surface area contributed by atoms with Crippen LogP contribution in [-0.2, 0) is 11.3 Å². The van der Waals surface area contributed by atoms with Crippen molar-refractivity contribution in [1.82, 2.24) is 9.38 Å². The number of ether oxygens (including phenoxy) is 2. The first kappa shape index (κ1) is 18.4. The van der Waals surface area contributed by atoms with Crippen molar-refractivity contribution in [2.24, 2.45) is 0 Å². The van der Waals surface area contributed by atoms with E-state index in [9.17, 15) is 9.59 Å². The summed E-state index contributed by atoms with van der Waals surface area (Å²) in [7, 11) is 0. The molecule has 0 bridgehead atoms. The van der Waals surface area contributed by atoms with Crippen LogP contribution in [-0.4, -0.2) is 15.4 Å². The number of rotatable bonds is 5. The van der Waals surface area contributed by atoms with Gasteiger partial charge in [0, 0.05) is 12.3 Å². The Balaban J connectivity index is 1.49. The number of aryl methyl sites for hydroxylation is 1. The highest BCUT2D eigenvalue weighted by Gasteiger charge is 2.11. The Morgan fingerprint density at radius 1 is 0.966 bits per heavy atom. The van der Waals surface area contributed by atoms with Gasteiger partial charge in [-0.15, -0.1) is 0 Å². The molecule has 4 rings (SSSR count). The van der Waals surface area contributed by atoms with Gasteiger partial charge in [0.05, 0.1) is 11.3 Å². The monoisotopic (exact) mass is 386 g/mol. The molecule has 0 atom stereocenters. The first-order valence-electron chi connectivity index (χ1n) is 9.08. The molecule has 0 unspecified atom stereocenters. The number of aromatic nitrogens is 2. The molecule has 0 aliphatic rings. The normalized spacial score (nSPS) is 10.7. The average Bonchev–Trinajstić information content (AvgIpc) is 2.74. The molecule has 6 heteroatoms. The van der Waals surface area contributed by atoms with E-state index in [0.717, 1.165) is 5.56 Å². The summed E-state index contributed by atoms with van der Waals surface area (Å²) in [5.74, 6) is 0.688. The maximum Gasteiger partial charge on any atom is 0.338 e. The van der Waals surface area contributed by atoms with Crippen molar-refractivity contribution in [2.75, 3.05) is 0 Å². The van der Waals surface area contributed by atoms with E-state index in [1.165, 1.54) is 10.5 Å². The number of benzene rings is 2. The molecule has 0 saturated heterocycles. The Bertz CT molecular complexity index is 1230. The quantitative estimate of drug-likeness (QED) is 0.482. The smallest absolute Gasteiger partial charge is 0.338 e. The van der Waals surface area contributed by atoms with Crippen molar-refractivity contribution in [3.8, 4) is 11.5 Å². The minimum absolute atomic E-state index is 0.0946. The predicted molar refractivity (Wildman–Crippen MR) is 108 cm³/mol. The lowest BCUT2D eigenvalue weighted by molar-refractivity contribution is 0.0467. The molecular weight excluding hydrogens is 368 g/mol. The Labute approximate surface area is 167 Å². The number of carbonyl (C=O) groups is 1. The summed E-state index contributed by atoms with van der Waals surface area (Å²) < 4.78 is 12.6. The number of fused-ring (bicyclic) bond motifs is 1. The molecule has 0 N–H and O–H groups in total. The summed E-state index contributed by atoms with van der Waals surface area (Å²) in [6.07, 6.45) is 1.66. The molecule has 0 fully saturated rings. The molecule has 0 aliphatic carbocycles. The Morgan fingerprint density at radius 2 is 1.76 bits per heavy atom. The van der Waals surface area contributed by atoms with Crippen LogP contribution < -0.4 is 10.3 Å². The molecule has 0 radical (unpaired) electrons. The SMILES string of the molecule is Cc1cccn2c(=O)cc(COC(=O)c3cccc(Oc4ccccc4)c3)nc12. The van der Waals surface area contributed by atoms with Crippen LogP contribution in [0.4, 0.5) is 0 Å². The second kappa shape index (κ2) is 7.98. The van der Waals surface area contributed by atoms with Crippen LogP contribution in [0, 0.1) is 6.92 Å². The number of hydrogen-bond acceptors (Lipinski definition) is 5. The first-order chi connectivity index (χ1) is 14.1. The molecule has 6 nitrogen and oxygen atoms in total. The molecule has 29 heavy (non-hydrogen) atoms. The van der Waals surface area contributed by atoms with Crippen LogP contribution in [0.3, 0.4) is 0 Å². The maximum atomic E-state index is 12.4. The molecule has 2 aromatic heterocycles. The maximum absolute atomic E-state index is 12.4. The standard InChI is InChI=1S/C23H18N2O4/c1-16-7-6-12-25-21(26)14-18(24-22(16)25)15-28-23(27)17-8-5-11-20(13-17)29-19-9-3-2-4-10-19/h2-14H,15H2,1H3. The number of esters is 1. The van der Waals surface area contributed by atoms with E-state index in [2.05, 4.69) is 4.98 Å². The van der Waals surface area contributed by atoms with Gasteiger partial charge in [-0.3, -0.25) is 9.20 Å². The molecule has 2 heterocycles. The van der Waals surface area contributed by atoms with Gasteiger partial charge in [-0.1, -0.05) is 30.3 Å². The molecule has 4 aromatic rings. The summed E-state index contributed by atoms with van der Waals surface area (Å²) in [4.78, 5) is 29.1. The van der Waals surface area contributed by atoms with E-state index in [0.29, 0.717) is 28.4 Å². The Hall–Kier alpha value is -3.93. The fraction of sp³-hybridized carbons (Fsp3) is 0.0870. The summed E-state index contributed by atoms with van der Waals surface area (Å²) >= 11 is 0. The highest BCUT2D eigenvalue weighted by Crippen LogP contribution is 2.22. The minimum Gasteiger partial charge on any atom is -0.457 e. The molecule has 0 spiro atoms. The van der Waals surface area contributed by atoms with E-state index in [4.69, 9.17) is 9.47 Å². The fourth-order valence-electron chi connectivity index (χ4n) is 2.92. The van der Waals surface area contributed by atoms with E-state index in [1.54, 1.807) is 36.5 Å². The van der Waals surface area contributed by atoms with Gasteiger partial charge in [0.1, 0.15) is 23.8 Å². The van der Waals surface area contributed by atoms with Gasteiger partial charge in [-0.2, -0.15) is 0 Å². The number of hydrogen-bond donors (Lipinski definition) is 0. The zero-order valence-electron chi connectivity index (χ0n) is 15.7. The van der Waals surface area contributed by atoms with Crippen molar-refractivity contribution < 1.29 is 14.3 Å². The zero-order valence-corrected chi connectivity index (χ0v) is 15.7. The third-order valence-corrected chi connectivity index (χ3v) is 4.34. The van der Waals surface area contributed by atoms with Crippen LogP contribution in [0.2, 0.25) is 0 Å². The van der Waals surface area contributed by atoms with E-state index < -0.39 is 5.97 Å². The topological polar surface area (TPSA) is 69.9 Å². The van der Waals surface area contributed by atoms with E-state index >= 15 is 0 Å². The molecular formula is C23H18N2O4.